The van der Waals surface area contributed by atoms with Crippen molar-refractivity contribution < 1.29 is 14.7 Å². The maximum Gasteiger partial charge on any atom is 0.249 e. The van der Waals surface area contributed by atoms with Crippen LogP contribution >= 0.6 is 23.2 Å². The molecule has 0 aliphatic carbocycles. The molecule has 2 fully saturated rings. The van der Waals surface area contributed by atoms with Gasteiger partial charge in [-0.3, -0.25) is 19.9 Å². The topological polar surface area (TPSA) is 97.8 Å². The summed E-state index contributed by atoms with van der Waals surface area (Å²) in [6, 6.07) is 10.9. The highest BCUT2D eigenvalue weighted by Gasteiger charge is 2.48. The molecule has 0 bridgehead atoms. The average Bonchev–Trinajstić information content (AvgIpc) is 3.08. The van der Waals surface area contributed by atoms with Crippen molar-refractivity contribution in [2.24, 2.45) is 0 Å². The molecule has 8 nitrogen and oxygen atoms in total. The normalized spacial score (nSPS) is 25.7. The first-order valence-electron chi connectivity index (χ1n) is 10.5. The van der Waals surface area contributed by atoms with Gasteiger partial charge >= 0.3 is 0 Å². The van der Waals surface area contributed by atoms with Crippen LogP contribution in [0.25, 0.3) is 0 Å². The molecule has 4 rings (SSSR count). The van der Waals surface area contributed by atoms with Crippen LogP contribution < -0.4 is 15.5 Å². The quantitative estimate of drug-likeness (QED) is 0.609. The molecule has 0 saturated carbocycles. The lowest BCUT2D eigenvalue weighted by Gasteiger charge is -2.41. The van der Waals surface area contributed by atoms with E-state index in [-0.39, 0.29) is 24.8 Å². The lowest BCUT2D eigenvalue weighted by Crippen LogP contribution is -2.54. The fourth-order valence-corrected chi connectivity index (χ4v) is 4.68. The van der Waals surface area contributed by atoms with Crippen molar-refractivity contribution in [3.63, 3.8) is 0 Å². The Hall–Kier alpha value is -2.39. The van der Waals surface area contributed by atoms with Gasteiger partial charge in [0.1, 0.15) is 5.54 Å². The molecule has 10 heteroatoms. The van der Waals surface area contributed by atoms with Crippen LogP contribution in [0, 0.1) is 0 Å². The van der Waals surface area contributed by atoms with Gasteiger partial charge in [-0.1, -0.05) is 29.3 Å². The van der Waals surface area contributed by atoms with E-state index in [1.165, 1.54) is 0 Å². The fraction of sp³-hybridized carbons (Fsp3) is 0.409. The van der Waals surface area contributed by atoms with Crippen LogP contribution in [0.1, 0.15) is 25.5 Å². The third kappa shape index (κ3) is 4.41. The largest absolute Gasteiger partial charge is 0.365 e. The van der Waals surface area contributed by atoms with Gasteiger partial charge in [-0.15, -0.1) is 0 Å². The van der Waals surface area contributed by atoms with Gasteiger partial charge in [0.05, 0.1) is 15.7 Å². The summed E-state index contributed by atoms with van der Waals surface area (Å²) in [6.07, 6.45) is 0.730. The second kappa shape index (κ2) is 9.23. The molecule has 1 aromatic heterocycles. The summed E-state index contributed by atoms with van der Waals surface area (Å²) < 4.78 is 0. The number of amides is 2. The molecule has 2 unspecified atom stereocenters. The standard InChI is InChI=1S/C22H25Cl2N5O3/c1-14-13-28(10-11-29(14)15-5-6-16(23)17(24)12-15)19(30)7-8-22(18-4-2-3-9-25-18)20(31)26-21(32)27-22/h2-6,9,12,14,21,27,32H,7-8,10-11,13H2,1H3,(H,26,31)/t14-,21?,22?/m0/s1. The summed E-state index contributed by atoms with van der Waals surface area (Å²) in [7, 11) is 0. The van der Waals surface area contributed by atoms with Gasteiger partial charge in [0.2, 0.25) is 11.8 Å². The molecule has 2 saturated heterocycles. The molecule has 2 aliphatic heterocycles. The van der Waals surface area contributed by atoms with Gasteiger partial charge in [-0.25, -0.2) is 0 Å². The number of nitrogens with zero attached hydrogens (tertiary/aromatic N) is 3. The predicted molar refractivity (Wildman–Crippen MR) is 122 cm³/mol. The first kappa shape index (κ1) is 22.8. The number of benzene rings is 1. The van der Waals surface area contributed by atoms with E-state index in [9.17, 15) is 14.7 Å². The molecular formula is C22H25Cl2N5O3. The molecule has 0 spiro atoms. The summed E-state index contributed by atoms with van der Waals surface area (Å²) in [5, 5.41) is 16.3. The molecule has 0 radical (unpaired) electrons. The summed E-state index contributed by atoms with van der Waals surface area (Å²) in [4.78, 5) is 34.0. The number of aromatic nitrogens is 1. The first-order valence-corrected chi connectivity index (χ1v) is 11.2. The molecule has 2 amide bonds. The maximum absolute atomic E-state index is 13.0. The van der Waals surface area contributed by atoms with Crippen LogP contribution in [0.5, 0.6) is 0 Å². The van der Waals surface area contributed by atoms with Crippen molar-refractivity contribution in [2.75, 3.05) is 24.5 Å². The van der Waals surface area contributed by atoms with Crippen LogP contribution in [0.15, 0.2) is 42.6 Å². The van der Waals surface area contributed by atoms with E-state index in [1.807, 2.05) is 17.0 Å². The van der Waals surface area contributed by atoms with E-state index in [2.05, 4.69) is 27.4 Å². The Kier molecular flexibility index (Phi) is 6.57. The molecule has 170 valence electrons. The second-order valence-corrected chi connectivity index (χ2v) is 8.94. The molecular weight excluding hydrogens is 453 g/mol. The number of halogens is 2. The van der Waals surface area contributed by atoms with Crippen LogP contribution in [-0.4, -0.2) is 58.8 Å². The first-order chi connectivity index (χ1) is 15.3. The minimum absolute atomic E-state index is 0.0445. The number of carbonyl (C=O) groups excluding carboxylic acids is 2. The molecule has 3 N–H and O–H groups in total. The molecule has 1 aromatic carbocycles. The Bertz CT molecular complexity index is 1010. The van der Waals surface area contributed by atoms with Gasteiger partial charge in [0.15, 0.2) is 6.35 Å². The van der Waals surface area contributed by atoms with E-state index in [0.717, 1.165) is 5.69 Å². The number of hydrogen-bond acceptors (Lipinski definition) is 6. The van der Waals surface area contributed by atoms with Crippen LogP contribution in [0.4, 0.5) is 5.69 Å². The monoisotopic (exact) mass is 477 g/mol. The number of carbonyl (C=O) groups is 2. The number of hydrogen-bond donors (Lipinski definition) is 3. The maximum atomic E-state index is 13.0. The highest BCUT2D eigenvalue weighted by molar-refractivity contribution is 6.42. The van der Waals surface area contributed by atoms with Crippen LogP contribution in [0.3, 0.4) is 0 Å². The Labute approximate surface area is 196 Å². The average molecular weight is 478 g/mol. The highest BCUT2D eigenvalue weighted by atomic mass is 35.5. The van der Waals surface area contributed by atoms with Crippen LogP contribution in [-0.2, 0) is 15.1 Å². The highest BCUT2D eigenvalue weighted by Crippen LogP contribution is 2.31. The lowest BCUT2D eigenvalue weighted by atomic mass is 9.88. The van der Waals surface area contributed by atoms with Crippen LogP contribution in [0.2, 0.25) is 10.0 Å². The van der Waals surface area contributed by atoms with Crippen molar-refractivity contribution in [1.29, 1.82) is 0 Å². The van der Waals surface area contributed by atoms with E-state index >= 15 is 0 Å². The number of rotatable bonds is 5. The summed E-state index contributed by atoms with van der Waals surface area (Å²) in [5.41, 5.74) is 0.192. The van der Waals surface area contributed by atoms with E-state index in [4.69, 9.17) is 23.2 Å². The SMILES string of the molecule is C[C@H]1CN(C(=O)CCC2(c3ccccn3)NC(O)NC2=O)CCN1c1ccc(Cl)c(Cl)c1. The Morgan fingerprint density at radius 2 is 2.06 bits per heavy atom. The van der Waals surface area contributed by atoms with Crippen molar-refractivity contribution >= 4 is 40.7 Å². The molecule has 32 heavy (non-hydrogen) atoms. The van der Waals surface area contributed by atoms with Gasteiger partial charge in [0, 0.05) is 44.0 Å². The third-order valence-electron chi connectivity index (χ3n) is 6.07. The van der Waals surface area contributed by atoms with E-state index in [1.54, 1.807) is 30.5 Å². The molecule has 3 atom stereocenters. The number of aliphatic hydroxyl groups is 1. The van der Waals surface area contributed by atoms with E-state index in [0.29, 0.717) is 35.4 Å². The van der Waals surface area contributed by atoms with Gasteiger partial charge in [-0.2, -0.15) is 0 Å². The number of piperazine rings is 1. The van der Waals surface area contributed by atoms with Gasteiger partial charge < -0.3 is 20.2 Å². The summed E-state index contributed by atoms with van der Waals surface area (Å²) in [5.74, 6) is -0.439. The van der Waals surface area contributed by atoms with Gasteiger partial charge in [0.25, 0.3) is 0 Å². The number of aliphatic hydroxyl groups excluding tert-OH is 1. The Morgan fingerprint density at radius 1 is 1.25 bits per heavy atom. The number of pyridine rings is 1. The van der Waals surface area contributed by atoms with Gasteiger partial charge in [-0.05, 0) is 43.7 Å². The lowest BCUT2D eigenvalue weighted by molar-refractivity contribution is -0.133. The second-order valence-electron chi connectivity index (χ2n) is 8.12. The summed E-state index contributed by atoms with van der Waals surface area (Å²) >= 11 is 12.2. The summed E-state index contributed by atoms with van der Waals surface area (Å²) in [6.45, 7) is 3.83. The molecule has 2 aromatic rings. The van der Waals surface area contributed by atoms with Crippen molar-refractivity contribution in [3.05, 3.63) is 58.3 Å². The van der Waals surface area contributed by atoms with E-state index < -0.39 is 17.8 Å². The Balaban J connectivity index is 1.42. The minimum Gasteiger partial charge on any atom is -0.365 e. The fourth-order valence-electron chi connectivity index (χ4n) is 4.39. The molecule has 3 heterocycles. The number of anilines is 1. The predicted octanol–water partition coefficient (Wildman–Crippen LogP) is 2.10. The van der Waals surface area contributed by atoms with Crippen molar-refractivity contribution in [3.8, 4) is 0 Å². The zero-order valence-electron chi connectivity index (χ0n) is 17.6. The Morgan fingerprint density at radius 3 is 2.69 bits per heavy atom. The van der Waals surface area contributed by atoms with Crippen molar-refractivity contribution in [1.82, 2.24) is 20.5 Å². The zero-order valence-corrected chi connectivity index (χ0v) is 19.1. The number of nitrogens with one attached hydrogen (secondary N) is 2. The molecule has 2 aliphatic rings. The zero-order chi connectivity index (χ0) is 22.9. The van der Waals surface area contributed by atoms with Crippen molar-refractivity contribution in [2.45, 2.75) is 37.7 Å². The third-order valence-corrected chi connectivity index (χ3v) is 6.81. The smallest absolute Gasteiger partial charge is 0.249 e. The minimum atomic E-state index is -1.25.